The summed E-state index contributed by atoms with van der Waals surface area (Å²) in [7, 11) is 0. The predicted molar refractivity (Wildman–Crippen MR) is 157 cm³/mol. The molecular formula is C28H32Br2ClN5O2. The van der Waals surface area contributed by atoms with Crippen molar-refractivity contribution in [2.24, 2.45) is 11.7 Å². The van der Waals surface area contributed by atoms with Gasteiger partial charge in [0, 0.05) is 65.9 Å². The number of aromatic nitrogens is 1. The minimum Gasteiger partial charge on any atom is -0.351 e. The van der Waals surface area contributed by atoms with Gasteiger partial charge in [0.2, 0.25) is 5.91 Å². The Morgan fingerprint density at radius 1 is 0.974 bits per heavy atom. The summed E-state index contributed by atoms with van der Waals surface area (Å²) >= 11 is 13.8. The van der Waals surface area contributed by atoms with Crippen LogP contribution in [-0.4, -0.2) is 70.9 Å². The molecule has 0 bridgehead atoms. The summed E-state index contributed by atoms with van der Waals surface area (Å²) in [5, 5.41) is 0.733. The molecule has 1 atom stereocenters. The van der Waals surface area contributed by atoms with Crippen LogP contribution in [0.1, 0.15) is 47.7 Å². The van der Waals surface area contributed by atoms with Crippen LogP contribution in [0, 0.1) is 18.8 Å². The number of nitrogens with zero attached hydrogens (tertiary/aromatic N) is 4. The Morgan fingerprint density at radius 3 is 2.29 bits per heavy atom. The molecule has 1 aromatic heterocycles. The Bertz CT molecular complexity index is 1210. The van der Waals surface area contributed by atoms with Gasteiger partial charge in [-0.15, -0.1) is 12.8 Å². The van der Waals surface area contributed by atoms with Crippen LogP contribution in [0.5, 0.6) is 0 Å². The van der Waals surface area contributed by atoms with E-state index in [1.807, 2.05) is 17.2 Å². The largest absolute Gasteiger partial charge is 0.351 e. The molecule has 7 nitrogen and oxygen atoms in total. The number of halogens is 3. The van der Waals surface area contributed by atoms with E-state index in [0.29, 0.717) is 38.5 Å². The molecule has 0 spiro atoms. The van der Waals surface area contributed by atoms with Crippen LogP contribution in [-0.2, 0) is 17.6 Å². The number of piperidine rings is 1. The number of hydrogen-bond donors (Lipinski definition) is 1. The summed E-state index contributed by atoms with van der Waals surface area (Å²) in [6.07, 6.45) is 13.9. The van der Waals surface area contributed by atoms with Gasteiger partial charge in [0.1, 0.15) is 0 Å². The Balaban J connectivity index is 0.00000164. The standard InChI is InChI=1S/C26H30Br2ClN5O2.C2H2/c27-19-12-18-2-1-17-13-20(29)14-21(28)23(17)25(24(18)31-15-19)33-9-7-32(8-10-33)22(35)11-16-3-5-34(6-4-16)26(30)36;1-2/h12-16,25H,1-11H2,(H2,30,36);1-2H/t25-;/m1./s1. The molecule has 0 unspecified atom stereocenters. The highest BCUT2D eigenvalue weighted by Crippen LogP contribution is 2.42. The molecule has 1 aliphatic carbocycles. The van der Waals surface area contributed by atoms with Crippen LogP contribution in [0.15, 0.2) is 33.3 Å². The summed E-state index contributed by atoms with van der Waals surface area (Å²) in [5.74, 6) is 0.527. The SMILES string of the molecule is C#C.NC(=O)N1CCC(CC(=O)N2CCN([C@H]3c4ncc(Br)cc4CCc4cc(Cl)cc(Br)c43)CC2)CC1. The number of carbonyl (C=O) groups is 2. The lowest BCUT2D eigenvalue weighted by molar-refractivity contribution is -0.134. The van der Waals surface area contributed by atoms with E-state index in [1.54, 1.807) is 4.90 Å². The molecule has 2 N–H and O–H groups in total. The van der Waals surface area contributed by atoms with Gasteiger partial charge in [-0.25, -0.2) is 4.79 Å². The van der Waals surface area contributed by atoms with Gasteiger partial charge >= 0.3 is 6.03 Å². The molecule has 202 valence electrons. The molecule has 2 aromatic rings. The maximum atomic E-state index is 13.1. The van der Waals surface area contributed by atoms with E-state index in [2.05, 4.69) is 61.7 Å². The molecule has 2 fully saturated rings. The number of pyridine rings is 1. The van der Waals surface area contributed by atoms with Gasteiger partial charge in [-0.1, -0.05) is 27.5 Å². The number of likely N-dealkylation sites (tertiary alicyclic amines) is 1. The second-order valence-corrected chi connectivity index (χ2v) is 12.2. The number of amides is 3. The van der Waals surface area contributed by atoms with Crippen molar-refractivity contribution in [3.63, 3.8) is 0 Å². The molecule has 3 heterocycles. The lowest BCUT2D eigenvalue weighted by atomic mass is 9.93. The van der Waals surface area contributed by atoms with E-state index in [-0.39, 0.29) is 18.0 Å². The normalized spacial score (nSPS) is 20.0. The van der Waals surface area contributed by atoms with Crippen molar-refractivity contribution in [3.8, 4) is 12.8 Å². The zero-order valence-electron chi connectivity index (χ0n) is 21.2. The Morgan fingerprint density at radius 2 is 1.63 bits per heavy atom. The van der Waals surface area contributed by atoms with E-state index >= 15 is 0 Å². The summed E-state index contributed by atoms with van der Waals surface area (Å²) < 4.78 is 1.99. The third-order valence-electron chi connectivity index (χ3n) is 7.77. The molecule has 3 amide bonds. The number of terminal acetylenes is 1. The number of hydrogen-bond acceptors (Lipinski definition) is 4. The number of aryl methyl sites for hydroxylation is 2. The van der Waals surface area contributed by atoms with Gasteiger partial charge < -0.3 is 15.5 Å². The van der Waals surface area contributed by atoms with Crippen LogP contribution in [0.25, 0.3) is 0 Å². The molecule has 38 heavy (non-hydrogen) atoms. The van der Waals surface area contributed by atoms with Crippen LogP contribution in [0.2, 0.25) is 5.02 Å². The zero-order chi connectivity index (χ0) is 27.4. The Hall–Kier alpha value is -2.12. The van der Waals surface area contributed by atoms with Crippen LogP contribution >= 0.6 is 43.5 Å². The second kappa shape index (κ2) is 12.8. The first-order valence-electron chi connectivity index (χ1n) is 12.8. The number of fused-ring (bicyclic) bond motifs is 2. The smallest absolute Gasteiger partial charge is 0.314 e. The van der Waals surface area contributed by atoms with Gasteiger partial charge in [0.25, 0.3) is 0 Å². The topological polar surface area (TPSA) is 82.8 Å². The number of benzene rings is 1. The number of nitrogens with two attached hydrogens (primary N) is 1. The first-order chi connectivity index (χ1) is 18.3. The number of carbonyl (C=O) groups excluding carboxylic acids is 2. The van der Waals surface area contributed by atoms with Gasteiger partial charge in [0.15, 0.2) is 0 Å². The van der Waals surface area contributed by atoms with Gasteiger partial charge in [-0.2, -0.15) is 0 Å². The quantitative estimate of drug-likeness (QED) is 0.467. The Labute approximate surface area is 246 Å². The van der Waals surface area contributed by atoms with E-state index in [4.69, 9.17) is 22.3 Å². The first-order valence-corrected chi connectivity index (χ1v) is 14.8. The molecule has 2 saturated heterocycles. The van der Waals surface area contributed by atoms with Crippen molar-refractivity contribution in [1.29, 1.82) is 0 Å². The average Bonchev–Trinajstić information content (AvgIpc) is 3.07. The minimum absolute atomic E-state index is 0.00706. The predicted octanol–water partition coefficient (Wildman–Crippen LogP) is 5.02. The summed E-state index contributed by atoms with van der Waals surface area (Å²) in [4.78, 5) is 35.5. The number of urea groups is 1. The molecule has 5 rings (SSSR count). The number of piperazine rings is 1. The van der Waals surface area contributed by atoms with E-state index < -0.39 is 0 Å². The van der Waals surface area contributed by atoms with Crippen LogP contribution in [0.3, 0.4) is 0 Å². The van der Waals surface area contributed by atoms with Crippen molar-refractivity contribution in [2.45, 2.75) is 38.1 Å². The van der Waals surface area contributed by atoms with Crippen molar-refractivity contribution in [2.75, 3.05) is 39.3 Å². The fourth-order valence-electron chi connectivity index (χ4n) is 5.81. The first kappa shape index (κ1) is 28.9. The maximum absolute atomic E-state index is 13.1. The second-order valence-electron chi connectivity index (χ2n) is 9.95. The third kappa shape index (κ3) is 6.36. The van der Waals surface area contributed by atoms with Crippen LogP contribution in [0.4, 0.5) is 4.79 Å². The number of rotatable bonds is 3. The van der Waals surface area contributed by atoms with Gasteiger partial charge in [0.05, 0.1) is 11.7 Å². The van der Waals surface area contributed by atoms with E-state index in [1.165, 1.54) is 16.7 Å². The van der Waals surface area contributed by atoms with Gasteiger partial charge in [-0.05, 0) is 82.4 Å². The number of primary amides is 1. The van der Waals surface area contributed by atoms with Crippen molar-refractivity contribution >= 4 is 55.4 Å². The lowest BCUT2D eigenvalue weighted by Gasteiger charge is -2.40. The summed E-state index contributed by atoms with van der Waals surface area (Å²) in [6, 6.07) is 5.88. The summed E-state index contributed by atoms with van der Waals surface area (Å²) in [6.45, 7) is 4.24. The average molecular weight is 666 g/mol. The molecule has 3 aliphatic rings. The lowest BCUT2D eigenvalue weighted by Crippen LogP contribution is -2.50. The monoisotopic (exact) mass is 663 g/mol. The minimum atomic E-state index is -0.367. The summed E-state index contributed by atoms with van der Waals surface area (Å²) in [5.41, 5.74) is 10.2. The highest BCUT2D eigenvalue weighted by Gasteiger charge is 2.35. The van der Waals surface area contributed by atoms with Crippen molar-refractivity contribution in [1.82, 2.24) is 19.7 Å². The van der Waals surface area contributed by atoms with Gasteiger partial charge in [-0.3, -0.25) is 14.7 Å². The van der Waals surface area contributed by atoms with E-state index in [9.17, 15) is 9.59 Å². The van der Waals surface area contributed by atoms with E-state index in [0.717, 1.165) is 58.4 Å². The molecule has 0 radical (unpaired) electrons. The molecular weight excluding hydrogens is 634 g/mol. The van der Waals surface area contributed by atoms with Crippen molar-refractivity contribution < 1.29 is 9.59 Å². The maximum Gasteiger partial charge on any atom is 0.314 e. The highest BCUT2D eigenvalue weighted by molar-refractivity contribution is 9.10. The fourth-order valence-corrected chi connectivity index (χ4v) is 7.28. The third-order valence-corrected chi connectivity index (χ3v) is 9.07. The molecule has 0 saturated carbocycles. The highest BCUT2D eigenvalue weighted by atomic mass is 79.9. The van der Waals surface area contributed by atoms with Crippen molar-refractivity contribution in [3.05, 3.63) is 60.7 Å². The Kier molecular flexibility index (Phi) is 9.74. The molecule has 2 aliphatic heterocycles. The fraction of sp³-hybridized carbons (Fsp3) is 0.464. The van der Waals surface area contributed by atoms with Crippen LogP contribution < -0.4 is 5.73 Å². The molecule has 1 aromatic carbocycles. The zero-order valence-corrected chi connectivity index (χ0v) is 25.1. The molecule has 10 heteroatoms.